The third-order valence-corrected chi connectivity index (χ3v) is 8.58. The van der Waals surface area contributed by atoms with E-state index in [1.54, 1.807) is 11.1 Å². The van der Waals surface area contributed by atoms with Crippen LogP contribution in [-0.4, -0.2) is 24.2 Å². The maximum Gasteiger partial charge on any atom is 0.150 e. The van der Waals surface area contributed by atoms with Gasteiger partial charge in [0, 0.05) is 16.8 Å². The van der Waals surface area contributed by atoms with Gasteiger partial charge < -0.3 is 10.1 Å². The molecule has 2 aliphatic carbocycles. The number of hydrogen-bond donors (Lipinski definition) is 1. The second-order valence-corrected chi connectivity index (χ2v) is 9.45. The summed E-state index contributed by atoms with van der Waals surface area (Å²) in [5, 5.41) is 6.54. The van der Waals surface area contributed by atoms with Crippen LogP contribution < -0.4 is 10.1 Å². The van der Waals surface area contributed by atoms with Crippen molar-refractivity contribution in [3.63, 3.8) is 0 Å². The lowest BCUT2D eigenvalue weighted by atomic mass is 9.52. The highest BCUT2D eigenvalue weighted by atomic mass is 16.5. The van der Waals surface area contributed by atoms with E-state index >= 15 is 0 Å². The van der Waals surface area contributed by atoms with Gasteiger partial charge in [-0.25, -0.2) is 0 Å². The summed E-state index contributed by atoms with van der Waals surface area (Å²) in [6.45, 7) is 0.700. The maximum absolute atomic E-state index is 6.67. The van der Waals surface area contributed by atoms with Crippen molar-refractivity contribution in [1.29, 1.82) is 0 Å². The molecular weight excluding hydrogens is 356 g/mol. The third-order valence-electron chi connectivity index (χ3n) is 8.58. The Kier molecular flexibility index (Phi) is 3.00. The van der Waals surface area contributed by atoms with E-state index in [0.717, 1.165) is 17.4 Å². The summed E-state index contributed by atoms with van der Waals surface area (Å²) in [5.74, 6) is 1.75. The molecule has 3 heterocycles. The van der Waals surface area contributed by atoms with E-state index in [9.17, 15) is 0 Å². The summed E-state index contributed by atoms with van der Waals surface area (Å²) in [4.78, 5) is 2.62. The fourth-order valence-electron chi connectivity index (χ4n) is 7.42. The van der Waals surface area contributed by atoms with Crippen molar-refractivity contribution in [3.05, 3.63) is 71.8 Å². The number of fused-ring (bicyclic) bond motifs is 3. The molecular formula is C26H26N2O. The molecule has 2 bridgehead atoms. The number of piperidine rings is 1. The van der Waals surface area contributed by atoms with Gasteiger partial charge in [-0.2, -0.15) is 0 Å². The van der Waals surface area contributed by atoms with Crippen LogP contribution in [0.4, 0.5) is 5.69 Å². The molecule has 3 nitrogen and oxygen atoms in total. The Labute approximate surface area is 171 Å². The first kappa shape index (κ1) is 16.3. The van der Waals surface area contributed by atoms with E-state index in [1.807, 2.05) is 0 Å². The van der Waals surface area contributed by atoms with Gasteiger partial charge in [0.1, 0.15) is 18.0 Å². The third kappa shape index (κ3) is 1.75. The van der Waals surface area contributed by atoms with Crippen LogP contribution in [0.2, 0.25) is 0 Å². The zero-order valence-electron chi connectivity index (χ0n) is 16.8. The Balaban J connectivity index is 1.46. The van der Waals surface area contributed by atoms with Crippen molar-refractivity contribution in [2.45, 2.75) is 42.8 Å². The van der Waals surface area contributed by atoms with Crippen LogP contribution in [0.3, 0.4) is 0 Å². The van der Waals surface area contributed by atoms with Crippen LogP contribution in [-0.2, 0) is 5.41 Å². The molecule has 0 amide bonds. The van der Waals surface area contributed by atoms with Gasteiger partial charge in [-0.15, -0.1) is 0 Å². The lowest BCUT2D eigenvalue weighted by Gasteiger charge is -2.67. The van der Waals surface area contributed by atoms with E-state index in [2.05, 4.69) is 77.9 Å². The fraction of sp³-hybridized carbons (Fsp3) is 0.385. The monoisotopic (exact) mass is 382 g/mol. The summed E-state index contributed by atoms with van der Waals surface area (Å²) in [5.41, 5.74) is 4.21. The Morgan fingerprint density at radius 3 is 2.86 bits per heavy atom. The Hall–Kier alpha value is -2.52. The highest BCUT2D eigenvalue weighted by Gasteiger charge is 2.69. The maximum atomic E-state index is 6.67. The summed E-state index contributed by atoms with van der Waals surface area (Å²) in [6, 6.07) is 22.7. The van der Waals surface area contributed by atoms with E-state index in [1.165, 1.54) is 36.5 Å². The summed E-state index contributed by atoms with van der Waals surface area (Å²) < 4.78 is 6.67. The quantitative estimate of drug-likeness (QED) is 0.558. The molecule has 0 radical (unpaired) electrons. The summed E-state index contributed by atoms with van der Waals surface area (Å²) in [6.07, 6.45) is 5.17. The molecule has 2 fully saturated rings. The van der Waals surface area contributed by atoms with Gasteiger partial charge >= 0.3 is 0 Å². The largest absolute Gasteiger partial charge is 0.487 e. The van der Waals surface area contributed by atoms with Gasteiger partial charge in [-0.3, -0.25) is 4.90 Å². The molecule has 1 unspecified atom stereocenters. The highest BCUT2D eigenvalue weighted by molar-refractivity contribution is 5.94. The molecule has 4 atom stereocenters. The number of ether oxygens (including phenoxy) is 1. The number of benzene rings is 3. The van der Waals surface area contributed by atoms with Crippen LogP contribution in [0.5, 0.6) is 5.75 Å². The van der Waals surface area contributed by atoms with Crippen LogP contribution in [0.15, 0.2) is 60.7 Å². The SMILES string of the molecule is CN1[C@H]2C[C@H]3CCC[C@@]3(c3ccccc32)C12COc1c(ccc3ccccc13)N2. The van der Waals surface area contributed by atoms with Crippen molar-refractivity contribution in [2.75, 3.05) is 19.0 Å². The van der Waals surface area contributed by atoms with Crippen LogP contribution >= 0.6 is 0 Å². The Morgan fingerprint density at radius 2 is 1.90 bits per heavy atom. The molecule has 0 aromatic heterocycles. The molecule has 3 heteroatoms. The highest BCUT2D eigenvalue weighted by Crippen LogP contribution is 2.67. The lowest BCUT2D eigenvalue weighted by Crippen LogP contribution is -2.76. The molecule has 5 aliphatic rings. The molecule has 3 aromatic rings. The molecule has 1 saturated carbocycles. The van der Waals surface area contributed by atoms with Crippen LogP contribution in [0.25, 0.3) is 10.8 Å². The molecule has 1 N–H and O–H groups in total. The van der Waals surface area contributed by atoms with Gasteiger partial charge in [0.05, 0.1) is 5.69 Å². The van der Waals surface area contributed by atoms with Crippen LogP contribution in [0, 0.1) is 5.92 Å². The average molecular weight is 383 g/mol. The minimum absolute atomic E-state index is 0.121. The fourth-order valence-corrected chi connectivity index (χ4v) is 7.42. The second kappa shape index (κ2) is 5.34. The lowest BCUT2D eigenvalue weighted by molar-refractivity contribution is -0.0986. The molecule has 146 valence electrons. The van der Waals surface area contributed by atoms with E-state index in [0.29, 0.717) is 12.6 Å². The van der Waals surface area contributed by atoms with Crippen molar-refractivity contribution in [1.82, 2.24) is 4.90 Å². The predicted octanol–water partition coefficient (Wildman–Crippen LogP) is 5.47. The van der Waals surface area contributed by atoms with Gasteiger partial charge in [0.15, 0.2) is 0 Å². The summed E-state index contributed by atoms with van der Waals surface area (Å²) >= 11 is 0. The number of nitrogens with zero attached hydrogens (tertiary/aromatic N) is 1. The van der Waals surface area contributed by atoms with Crippen molar-refractivity contribution < 1.29 is 4.74 Å². The first-order chi connectivity index (χ1) is 14.2. The van der Waals surface area contributed by atoms with Crippen LogP contribution in [0.1, 0.15) is 42.9 Å². The van der Waals surface area contributed by atoms with Crippen molar-refractivity contribution >= 4 is 16.5 Å². The topological polar surface area (TPSA) is 24.5 Å². The average Bonchev–Trinajstić information content (AvgIpc) is 3.23. The first-order valence-electron chi connectivity index (χ1n) is 11.0. The number of rotatable bonds is 0. The normalized spacial score (nSPS) is 34.4. The minimum Gasteiger partial charge on any atom is -0.487 e. The van der Waals surface area contributed by atoms with Gasteiger partial charge in [0.25, 0.3) is 0 Å². The number of nitrogens with one attached hydrogen (secondary N) is 1. The van der Waals surface area contributed by atoms with E-state index in [-0.39, 0.29) is 11.1 Å². The standard InChI is InChI=1S/C26H26N2O/c1-28-23-15-18-8-6-14-25(18,21-11-5-4-10-20(21)23)26(28)16-29-24-19-9-3-2-7-17(19)12-13-22(24)27-26/h2-5,7,9-13,18,23,27H,6,8,14-16H2,1H3/t18-,23+,25-,26?/m1/s1. The predicted molar refractivity (Wildman–Crippen MR) is 116 cm³/mol. The zero-order chi connectivity index (χ0) is 19.2. The molecule has 1 saturated heterocycles. The smallest absolute Gasteiger partial charge is 0.150 e. The second-order valence-electron chi connectivity index (χ2n) is 9.45. The van der Waals surface area contributed by atoms with Crippen molar-refractivity contribution in [2.24, 2.45) is 5.92 Å². The number of anilines is 1. The minimum atomic E-state index is -0.180. The number of hydrogen-bond acceptors (Lipinski definition) is 3. The molecule has 3 aromatic carbocycles. The van der Waals surface area contributed by atoms with E-state index in [4.69, 9.17) is 4.74 Å². The Morgan fingerprint density at radius 1 is 1.03 bits per heavy atom. The molecule has 3 aliphatic heterocycles. The van der Waals surface area contributed by atoms with Crippen molar-refractivity contribution in [3.8, 4) is 5.75 Å². The summed E-state index contributed by atoms with van der Waals surface area (Å²) in [7, 11) is 2.32. The van der Waals surface area contributed by atoms with Gasteiger partial charge in [0.2, 0.25) is 0 Å². The number of likely N-dealkylation sites (N-methyl/N-ethyl adjacent to an activating group) is 1. The Bertz CT molecular complexity index is 1160. The van der Waals surface area contributed by atoms with E-state index < -0.39 is 0 Å². The van der Waals surface area contributed by atoms with Gasteiger partial charge in [-0.05, 0) is 54.8 Å². The molecule has 8 rings (SSSR count). The van der Waals surface area contributed by atoms with Gasteiger partial charge in [-0.1, -0.05) is 61.0 Å². The molecule has 2 spiro atoms. The first-order valence-corrected chi connectivity index (χ1v) is 11.0. The zero-order valence-corrected chi connectivity index (χ0v) is 16.8. The molecule has 29 heavy (non-hydrogen) atoms.